The highest BCUT2D eigenvalue weighted by Crippen LogP contribution is 2.20. The zero-order valence-corrected chi connectivity index (χ0v) is 10.3. The summed E-state index contributed by atoms with van der Waals surface area (Å²) in [6.45, 7) is 0. The van der Waals surface area contributed by atoms with E-state index >= 15 is 0 Å². The number of benzene rings is 1. The Labute approximate surface area is 105 Å². The maximum absolute atomic E-state index is 13.3. The van der Waals surface area contributed by atoms with Crippen LogP contribution in [0.15, 0.2) is 28.7 Å². The van der Waals surface area contributed by atoms with Gasteiger partial charge in [-0.1, -0.05) is 15.9 Å². The number of halogens is 2. The predicted octanol–water partition coefficient (Wildman–Crippen LogP) is 2.23. The molecule has 0 radical (unpaired) electrons. The number of hydrogen-bond acceptors (Lipinski definition) is 4. The molecular weight excluding hydrogens is 295 g/mol. The zero-order chi connectivity index (χ0) is 13.0. The lowest BCUT2D eigenvalue weighted by Gasteiger charge is -2.02. The fourth-order valence-corrected chi connectivity index (χ4v) is 1.42. The van der Waals surface area contributed by atoms with Crippen LogP contribution in [0.25, 0.3) is 5.76 Å². The summed E-state index contributed by atoms with van der Waals surface area (Å²) in [5, 5.41) is 9.51. The van der Waals surface area contributed by atoms with Crippen LogP contribution >= 0.6 is 15.9 Å². The van der Waals surface area contributed by atoms with Crippen LogP contribution in [0.4, 0.5) is 4.39 Å². The van der Waals surface area contributed by atoms with Crippen LogP contribution in [0.3, 0.4) is 0 Å². The Bertz CT molecular complexity index is 496. The number of ether oxygens (including phenoxy) is 1. The number of esters is 1. The van der Waals surface area contributed by atoms with Gasteiger partial charge in [0.25, 0.3) is 5.78 Å². The van der Waals surface area contributed by atoms with E-state index < -0.39 is 23.3 Å². The minimum Gasteiger partial charge on any atom is -0.507 e. The third kappa shape index (κ3) is 3.39. The SMILES string of the molecule is COC(=O)C(=O)/C=C(\O)c1cc(Br)ccc1F. The van der Waals surface area contributed by atoms with E-state index in [1.807, 2.05) is 0 Å². The molecule has 0 aliphatic rings. The van der Waals surface area contributed by atoms with Gasteiger partial charge in [0.15, 0.2) is 0 Å². The van der Waals surface area contributed by atoms with Gasteiger partial charge in [-0.25, -0.2) is 9.18 Å². The standard InChI is InChI=1S/C11H8BrFO4/c1-17-11(16)10(15)5-9(14)7-4-6(12)2-3-8(7)13/h2-5,14H,1H3/b9-5-. The first-order valence-electron chi connectivity index (χ1n) is 4.44. The lowest BCUT2D eigenvalue weighted by molar-refractivity contribution is -0.149. The molecule has 4 nitrogen and oxygen atoms in total. The summed E-state index contributed by atoms with van der Waals surface area (Å²) in [5.74, 6) is -3.55. The molecule has 0 fully saturated rings. The van der Waals surface area contributed by atoms with Crippen molar-refractivity contribution in [2.24, 2.45) is 0 Å². The van der Waals surface area contributed by atoms with Gasteiger partial charge in [0.2, 0.25) is 0 Å². The monoisotopic (exact) mass is 302 g/mol. The maximum Gasteiger partial charge on any atom is 0.378 e. The van der Waals surface area contributed by atoms with Crippen molar-refractivity contribution in [1.29, 1.82) is 0 Å². The summed E-state index contributed by atoms with van der Waals surface area (Å²) in [4.78, 5) is 21.9. The first-order valence-corrected chi connectivity index (χ1v) is 5.23. The van der Waals surface area contributed by atoms with Gasteiger partial charge >= 0.3 is 5.97 Å². The van der Waals surface area contributed by atoms with E-state index in [1.165, 1.54) is 12.1 Å². The third-order valence-corrected chi connectivity index (χ3v) is 2.35. The van der Waals surface area contributed by atoms with Gasteiger partial charge in [-0.2, -0.15) is 0 Å². The summed E-state index contributed by atoms with van der Waals surface area (Å²) in [7, 11) is 1.03. The predicted molar refractivity (Wildman–Crippen MR) is 61.7 cm³/mol. The zero-order valence-electron chi connectivity index (χ0n) is 8.74. The molecule has 17 heavy (non-hydrogen) atoms. The van der Waals surface area contributed by atoms with Crippen molar-refractivity contribution < 1.29 is 23.8 Å². The second-order valence-electron chi connectivity index (χ2n) is 3.01. The number of aliphatic hydroxyl groups is 1. The molecule has 90 valence electrons. The fraction of sp³-hybridized carbons (Fsp3) is 0.0909. The average Bonchev–Trinajstić information content (AvgIpc) is 2.30. The summed E-state index contributed by atoms with van der Waals surface area (Å²) >= 11 is 3.09. The molecular formula is C11H8BrFO4. The largest absolute Gasteiger partial charge is 0.507 e. The molecule has 0 saturated carbocycles. The molecule has 0 saturated heterocycles. The number of rotatable bonds is 3. The van der Waals surface area contributed by atoms with Crippen molar-refractivity contribution in [1.82, 2.24) is 0 Å². The average molecular weight is 303 g/mol. The van der Waals surface area contributed by atoms with Crippen LogP contribution in [-0.2, 0) is 14.3 Å². The molecule has 0 atom stereocenters. The highest BCUT2D eigenvalue weighted by molar-refractivity contribution is 9.10. The van der Waals surface area contributed by atoms with Crippen LogP contribution in [0.5, 0.6) is 0 Å². The highest BCUT2D eigenvalue weighted by atomic mass is 79.9. The van der Waals surface area contributed by atoms with E-state index in [2.05, 4.69) is 20.7 Å². The van der Waals surface area contributed by atoms with E-state index in [9.17, 15) is 19.1 Å². The van der Waals surface area contributed by atoms with Crippen LogP contribution in [0, 0.1) is 5.82 Å². The van der Waals surface area contributed by atoms with Crippen molar-refractivity contribution in [3.8, 4) is 0 Å². The molecule has 0 unspecified atom stereocenters. The van der Waals surface area contributed by atoms with Crippen LogP contribution < -0.4 is 0 Å². The first kappa shape index (κ1) is 13.4. The lowest BCUT2D eigenvalue weighted by Crippen LogP contribution is -2.13. The van der Waals surface area contributed by atoms with Crippen LogP contribution in [-0.4, -0.2) is 24.0 Å². The minimum absolute atomic E-state index is 0.184. The number of hydrogen-bond donors (Lipinski definition) is 1. The molecule has 1 N–H and O–H groups in total. The van der Waals surface area contributed by atoms with Gasteiger partial charge in [0, 0.05) is 10.5 Å². The Morgan fingerprint density at radius 1 is 1.47 bits per heavy atom. The molecule has 0 spiro atoms. The van der Waals surface area contributed by atoms with Gasteiger partial charge in [-0.15, -0.1) is 0 Å². The fourth-order valence-electron chi connectivity index (χ4n) is 1.06. The smallest absolute Gasteiger partial charge is 0.378 e. The first-order chi connectivity index (χ1) is 7.95. The normalized spacial score (nSPS) is 11.1. The topological polar surface area (TPSA) is 63.6 Å². The van der Waals surface area contributed by atoms with Crippen LogP contribution in [0.1, 0.15) is 5.56 Å². The quantitative estimate of drug-likeness (QED) is 0.402. The summed E-state index contributed by atoms with van der Waals surface area (Å²) in [5.41, 5.74) is -0.184. The molecule has 0 aliphatic carbocycles. The Kier molecular flexibility index (Phi) is 4.39. The molecule has 0 aromatic heterocycles. The van der Waals surface area contributed by atoms with Crippen LogP contribution in [0.2, 0.25) is 0 Å². The van der Waals surface area contributed by atoms with Crippen molar-refractivity contribution in [2.45, 2.75) is 0 Å². The Morgan fingerprint density at radius 3 is 2.71 bits per heavy atom. The van der Waals surface area contributed by atoms with Gasteiger partial charge in [0.05, 0.1) is 12.7 Å². The highest BCUT2D eigenvalue weighted by Gasteiger charge is 2.14. The van der Waals surface area contributed by atoms with Crippen molar-refractivity contribution >= 4 is 33.4 Å². The Morgan fingerprint density at radius 2 is 2.12 bits per heavy atom. The van der Waals surface area contributed by atoms with Gasteiger partial charge in [0.1, 0.15) is 11.6 Å². The summed E-state index contributed by atoms with van der Waals surface area (Å²) in [6, 6.07) is 3.84. The van der Waals surface area contributed by atoms with Gasteiger partial charge in [-0.05, 0) is 18.2 Å². The minimum atomic E-state index is -1.13. The molecule has 0 aliphatic heterocycles. The molecule has 1 aromatic rings. The van der Waals surface area contributed by atoms with E-state index in [1.54, 1.807) is 0 Å². The summed E-state index contributed by atoms with van der Waals surface area (Å²) in [6.07, 6.45) is 0.608. The van der Waals surface area contributed by atoms with Gasteiger partial charge < -0.3 is 9.84 Å². The number of methoxy groups -OCH3 is 1. The van der Waals surface area contributed by atoms with Crippen molar-refractivity contribution in [3.63, 3.8) is 0 Å². The molecule has 1 rings (SSSR count). The molecule has 1 aromatic carbocycles. The number of ketones is 1. The van der Waals surface area contributed by atoms with Crippen molar-refractivity contribution in [3.05, 3.63) is 40.1 Å². The Balaban J connectivity index is 3.07. The van der Waals surface area contributed by atoms with Gasteiger partial charge in [-0.3, -0.25) is 4.79 Å². The molecule has 6 heteroatoms. The third-order valence-electron chi connectivity index (χ3n) is 1.86. The number of carbonyl (C=O) groups excluding carboxylic acids is 2. The molecule has 0 bridgehead atoms. The lowest BCUT2D eigenvalue weighted by atomic mass is 10.1. The molecule has 0 amide bonds. The number of aliphatic hydroxyl groups excluding tert-OH is 1. The van der Waals surface area contributed by atoms with E-state index in [4.69, 9.17) is 0 Å². The van der Waals surface area contributed by atoms with E-state index in [-0.39, 0.29) is 5.56 Å². The molecule has 0 heterocycles. The van der Waals surface area contributed by atoms with E-state index in [0.29, 0.717) is 10.5 Å². The Hall–Kier alpha value is -1.69. The van der Waals surface area contributed by atoms with E-state index in [0.717, 1.165) is 13.2 Å². The summed E-state index contributed by atoms with van der Waals surface area (Å²) < 4.78 is 18.0. The maximum atomic E-state index is 13.3. The van der Waals surface area contributed by atoms with Crippen molar-refractivity contribution in [2.75, 3.05) is 7.11 Å². The second kappa shape index (κ2) is 5.58. The second-order valence-corrected chi connectivity index (χ2v) is 3.93. The number of carbonyl (C=O) groups is 2.